The molecule has 174 valence electrons. The van der Waals surface area contributed by atoms with Gasteiger partial charge in [-0.3, -0.25) is 14.5 Å². The van der Waals surface area contributed by atoms with Crippen LogP contribution in [0.25, 0.3) is 22.3 Å². The van der Waals surface area contributed by atoms with Crippen molar-refractivity contribution in [1.82, 2.24) is 29.7 Å². The van der Waals surface area contributed by atoms with Crippen LogP contribution < -0.4 is 10.1 Å². The number of anilines is 1. The maximum absolute atomic E-state index is 11.6. The Morgan fingerprint density at radius 3 is 2.91 bits per heavy atom. The summed E-state index contributed by atoms with van der Waals surface area (Å²) in [5.74, 6) is 0.442. The molecule has 0 aliphatic rings. The molecule has 1 amide bonds. The van der Waals surface area contributed by atoms with Crippen molar-refractivity contribution < 1.29 is 14.6 Å². The van der Waals surface area contributed by atoms with Gasteiger partial charge in [0.15, 0.2) is 5.65 Å². The number of aromatic amines is 1. The zero-order valence-electron chi connectivity index (χ0n) is 18.5. The second-order valence-corrected chi connectivity index (χ2v) is 7.60. The summed E-state index contributed by atoms with van der Waals surface area (Å²) < 4.78 is 7.64. The number of aliphatic hydroxyl groups excluding tert-OH is 1. The highest BCUT2D eigenvalue weighted by molar-refractivity contribution is 5.99. The van der Waals surface area contributed by atoms with Crippen LogP contribution in [0.3, 0.4) is 0 Å². The Labute approximate surface area is 200 Å². The summed E-state index contributed by atoms with van der Waals surface area (Å²) in [4.78, 5) is 28.1. The lowest BCUT2D eigenvalue weighted by Gasteiger charge is -2.07. The Hall–Kier alpha value is -4.83. The number of amides is 1. The van der Waals surface area contributed by atoms with Crippen molar-refractivity contribution >= 4 is 22.8 Å². The molecule has 4 aromatic heterocycles. The van der Waals surface area contributed by atoms with Crippen LogP contribution in [0.5, 0.6) is 11.6 Å². The topological polar surface area (TPSA) is 131 Å². The number of carbonyl (C=O) groups is 1. The van der Waals surface area contributed by atoms with E-state index >= 15 is 0 Å². The van der Waals surface area contributed by atoms with Gasteiger partial charge in [-0.25, -0.2) is 9.97 Å². The normalized spacial score (nSPS) is 10.9. The largest absolute Gasteiger partial charge is 0.437 e. The number of carbonyl (C=O) groups excluding carboxylic acids is 1. The molecule has 0 aliphatic heterocycles. The van der Waals surface area contributed by atoms with E-state index in [1.54, 1.807) is 41.3 Å². The van der Waals surface area contributed by atoms with Crippen molar-refractivity contribution in [2.24, 2.45) is 0 Å². The van der Waals surface area contributed by atoms with Crippen molar-refractivity contribution in [3.05, 3.63) is 91.3 Å². The third kappa shape index (κ3) is 4.77. The molecule has 0 unspecified atom stereocenters. The second kappa shape index (κ2) is 9.57. The van der Waals surface area contributed by atoms with Crippen LogP contribution in [0, 0.1) is 0 Å². The minimum Gasteiger partial charge on any atom is -0.437 e. The van der Waals surface area contributed by atoms with Gasteiger partial charge in [-0.1, -0.05) is 18.7 Å². The lowest BCUT2D eigenvalue weighted by Crippen LogP contribution is -2.07. The maximum Gasteiger partial charge on any atom is 0.247 e. The molecule has 0 aliphatic carbocycles. The number of aromatic nitrogens is 6. The number of ether oxygens (including phenoxy) is 1. The van der Waals surface area contributed by atoms with Gasteiger partial charge in [0.05, 0.1) is 30.7 Å². The highest BCUT2D eigenvalue weighted by Crippen LogP contribution is 2.31. The Morgan fingerprint density at radius 1 is 1.20 bits per heavy atom. The number of nitrogens with zero attached hydrogens (tertiary/aromatic N) is 5. The minimum absolute atomic E-state index is 0.232. The Morgan fingerprint density at radius 2 is 2.11 bits per heavy atom. The monoisotopic (exact) mass is 467 g/mol. The predicted octanol–water partition coefficient (Wildman–Crippen LogP) is 3.67. The first kappa shape index (κ1) is 22.0. The summed E-state index contributed by atoms with van der Waals surface area (Å²) in [6.45, 7) is 3.68. The van der Waals surface area contributed by atoms with Gasteiger partial charge in [-0.2, -0.15) is 5.10 Å². The highest BCUT2D eigenvalue weighted by Gasteiger charge is 2.17. The van der Waals surface area contributed by atoms with Crippen LogP contribution in [0.4, 0.5) is 5.69 Å². The summed E-state index contributed by atoms with van der Waals surface area (Å²) in [7, 11) is 0. The Bertz CT molecular complexity index is 1510. The van der Waals surface area contributed by atoms with Gasteiger partial charge in [0.25, 0.3) is 0 Å². The maximum atomic E-state index is 11.6. The molecule has 10 heteroatoms. The molecule has 3 N–H and O–H groups in total. The number of H-pyrrole nitrogens is 1. The number of hydrogen-bond acceptors (Lipinski definition) is 7. The first-order valence-corrected chi connectivity index (χ1v) is 10.8. The van der Waals surface area contributed by atoms with Gasteiger partial charge >= 0.3 is 0 Å². The smallest absolute Gasteiger partial charge is 0.247 e. The van der Waals surface area contributed by atoms with E-state index in [1.165, 1.54) is 12.3 Å². The number of aliphatic hydroxyl groups is 1. The molecule has 0 bridgehead atoms. The van der Waals surface area contributed by atoms with Gasteiger partial charge in [0.2, 0.25) is 11.8 Å². The molecule has 1 aromatic carbocycles. The van der Waals surface area contributed by atoms with E-state index < -0.39 is 0 Å². The average molecular weight is 467 g/mol. The molecule has 0 spiro atoms. The first-order valence-electron chi connectivity index (χ1n) is 10.8. The lowest BCUT2D eigenvalue weighted by atomic mass is 10.1. The van der Waals surface area contributed by atoms with Crippen LogP contribution >= 0.6 is 0 Å². The molecular weight excluding hydrogens is 446 g/mol. The van der Waals surface area contributed by atoms with Gasteiger partial charge in [-0.05, 0) is 30.3 Å². The second-order valence-electron chi connectivity index (χ2n) is 7.60. The van der Waals surface area contributed by atoms with Crippen molar-refractivity contribution in [3.63, 3.8) is 0 Å². The molecule has 0 fully saturated rings. The number of pyridine rings is 1. The fourth-order valence-electron chi connectivity index (χ4n) is 3.62. The standard InChI is InChI=1S/C25H21N7O3/c1-2-22(34)29-16-7-5-8-18(10-16)35-23-12-28-25-24(30-23)19(11-27-25)20-14-32(31-21(20)15-33)13-17-6-3-4-9-26-17/h2-12,14,33H,1,13,15H2,(H,27,28)(H,29,34). The van der Waals surface area contributed by atoms with Crippen LogP contribution in [0.15, 0.2) is 79.9 Å². The molecule has 0 saturated carbocycles. The van der Waals surface area contributed by atoms with Crippen molar-refractivity contribution in [2.75, 3.05) is 5.32 Å². The fourth-order valence-corrected chi connectivity index (χ4v) is 3.62. The number of fused-ring (bicyclic) bond motifs is 1. The van der Waals surface area contributed by atoms with Crippen molar-refractivity contribution in [3.8, 4) is 22.8 Å². The molecular formula is C25H21N7O3. The van der Waals surface area contributed by atoms with E-state index in [9.17, 15) is 9.90 Å². The summed E-state index contributed by atoms with van der Waals surface area (Å²) in [6.07, 6.45) is 8.06. The van der Waals surface area contributed by atoms with Crippen LogP contribution in [-0.4, -0.2) is 40.7 Å². The zero-order valence-corrected chi connectivity index (χ0v) is 18.5. The molecule has 0 radical (unpaired) electrons. The zero-order chi connectivity index (χ0) is 24.2. The quantitative estimate of drug-likeness (QED) is 0.297. The van der Waals surface area contributed by atoms with Crippen LogP contribution in [-0.2, 0) is 17.9 Å². The van der Waals surface area contributed by atoms with Gasteiger partial charge in [0, 0.05) is 41.5 Å². The summed E-state index contributed by atoms with van der Waals surface area (Å²) in [5, 5.41) is 17.1. The van der Waals surface area contributed by atoms with E-state index in [4.69, 9.17) is 4.74 Å². The molecule has 5 rings (SSSR count). The number of rotatable bonds is 8. The lowest BCUT2D eigenvalue weighted by molar-refractivity contribution is -0.111. The van der Waals surface area contributed by atoms with E-state index in [0.29, 0.717) is 34.8 Å². The van der Waals surface area contributed by atoms with Crippen LogP contribution in [0.2, 0.25) is 0 Å². The molecule has 35 heavy (non-hydrogen) atoms. The van der Waals surface area contributed by atoms with Gasteiger partial charge < -0.3 is 20.1 Å². The Kier molecular flexibility index (Phi) is 6.01. The summed E-state index contributed by atoms with van der Waals surface area (Å²) >= 11 is 0. The molecule has 4 heterocycles. The first-order chi connectivity index (χ1) is 17.1. The number of hydrogen-bond donors (Lipinski definition) is 3. The Balaban J connectivity index is 1.45. The van der Waals surface area contributed by atoms with Crippen LogP contribution in [0.1, 0.15) is 11.4 Å². The molecule has 5 aromatic rings. The molecule has 10 nitrogen and oxygen atoms in total. The fraction of sp³-hybridized carbons (Fsp3) is 0.0800. The van der Waals surface area contributed by atoms with E-state index in [2.05, 4.69) is 36.9 Å². The minimum atomic E-state index is -0.316. The predicted molar refractivity (Wildman–Crippen MR) is 130 cm³/mol. The van der Waals surface area contributed by atoms with Gasteiger partial charge in [-0.15, -0.1) is 0 Å². The third-order valence-electron chi connectivity index (χ3n) is 5.20. The van der Waals surface area contributed by atoms with E-state index in [-0.39, 0.29) is 18.4 Å². The molecule has 0 saturated heterocycles. The van der Waals surface area contributed by atoms with Gasteiger partial charge in [0.1, 0.15) is 11.3 Å². The van der Waals surface area contributed by atoms with Crippen molar-refractivity contribution in [1.29, 1.82) is 0 Å². The highest BCUT2D eigenvalue weighted by atomic mass is 16.5. The third-order valence-corrected chi connectivity index (χ3v) is 5.20. The SMILES string of the molecule is C=CC(=O)Nc1cccc(Oc2cnc3[nH]cc(-c4cn(Cc5ccccn5)nc4CO)c3n2)c1. The van der Waals surface area contributed by atoms with Crippen molar-refractivity contribution in [2.45, 2.75) is 13.2 Å². The summed E-state index contributed by atoms with van der Waals surface area (Å²) in [5.41, 5.74) is 4.55. The summed E-state index contributed by atoms with van der Waals surface area (Å²) in [6, 6.07) is 12.6. The van der Waals surface area contributed by atoms with E-state index in [1.807, 2.05) is 24.4 Å². The number of benzene rings is 1. The van der Waals surface area contributed by atoms with E-state index in [0.717, 1.165) is 16.8 Å². The molecule has 0 atom stereocenters. The average Bonchev–Trinajstić information content (AvgIpc) is 3.48. The number of nitrogens with one attached hydrogen (secondary N) is 2.